The molecule has 2 aromatic carbocycles. The summed E-state index contributed by atoms with van der Waals surface area (Å²) in [6.07, 6.45) is -0.177. The van der Waals surface area contributed by atoms with Gasteiger partial charge in [0.1, 0.15) is 0 Å². The van der Waals surface area contributed by atoms with Crippen LogP contribution in [0.1, 0.15) is 34.6 Å². The summed E-state index contributed by atoms with van der Waals surface area (Å²) in [6, 6.07) is 12.3. The minimum atomic E-state index is -0.371. The highest BCUT2D eigenvalue weighted by atomic mass is 79.9. The summed E-state index contributed by atoms with van der Waals surface area (Å²) in [4.78, 5) is 28.7. The third kappa shape index (κ3) is 4.05. The average molecular weight is 419 g/mol. The zero-order chi connectivity index (χ0) is 18.0. The highest BCUT2D eigenvalue weighted by Crippen LogP contribution is 2.28. The first-order valence-electron chi connectivity index (χ1n) is 7.61. The largest absolute Gasteiger partial charge is 0.459 e. The molecular weight excluding hydrogens is 404 g/mol. The summed E-state index contributed by atoms with van der Waals surface area (Å²) in [7, 11) is 0. The van der Waals surface area contributed by atoms with Crippen LogP contribution in [0.2, 0.25) is 0 Å². The number of hydrogen-bond acceptors (Lipinski definition) is 5. The van der Waals surface area contributed by atoms with Crippen molar-refractivity contribution < 1.29 is 14.3 Å². The van der Waals surface area contributed by atoms with Crippen LogP contribution in [0.15, 0.2) is 46.9 Å². The highest BCUT2D eigenvalue weighted by Gasteiger charge is 2.14. The number of esters is 1. The van der Waals surface area contributed by atoms with Crippen molar-refractivity contribution in [2.24, 2.45) is 0 Å². The quantitative estimate of drug-likeness (QED) is 0.613. The number of nitrogens with zero attached hydrogens (tertiary/aromatic N) is 1. The van der Waals surface area contributed by atoms with Crippen molar-refractivity contribution in [3.63, 3.8) is 0 Å². The lowest BCUT2D eigenvalue weighted by Crippen LogP contribution is -2.12. The van der Waals surface area contributed by atoms with Gasteiger partial charge in [0.15, 0.2) is 5.13 Å². The van der Waals surface area contributed by atoms with E-state index in [-0.39, 0.29) is 18.0 Å². The second-order valence-corrected chi connectivity index (χ2v) is 7.47. The Kier molecular flexibility index (Phi) is 5.15. The van der Waals surface area contributed by atoms with Gasteiger partial charge in [0.25, 0.3) is 5.91 Å². The van der Waals surface area contributed by atoms with Gasteiger partial charge in [0.05, 0.1) is 27.4 Å². The van der Waals surface area contributed by atoms with Crippen LogP contribution < -0.4 is 5.32 Å². The van der Waals surface area contributed by atoms with Crippen LogP contribution in [0.25, 0.3) is 10.2 Å². The molecule has 0 aliphatic carbocycles. The summed E-state index contributed by atoms with van der Waals surface area (Å²) in [5.41, 5.74) is 1.71. The molecule has 3 rings (SSSR count). The molecule has 5 nitrogen and oxygen atoms in total. The highest BCUT2D eigenvalue weighted by molar-refractivity contribution is 9.10. The Morgan fingerprint density at radius 2 is 1.96 bits per heavy atom. The maximum atomic E-state index is 12.4. The molecule has 1 N–H and O–H groups in total. The number of thiazole rings is 1. The Balaban J connectivity index is 1.83. The smallest absolute Gasteiger partial charge is 0.338 e. The number of carbonyl (C=O) groups excluding carboxylic acids is 2. The van der Waals surface area contributed by atoms with Crippen LogP contribution in [0.4, 0.5) is 5.13 Å². The number of benzene rings is 2. The van der Waals surface area contributed by atoms with Crippen molar-refractivity contribution in [3.8, 4) is 0 Å². The maximum Gasteiger partial charge on any atom is 0.338 e. The van der Waals surface area contributed by atoms with Crippen molar-refractivity contribution >= 4 is 54.5 Å². The number of amides is 1. The first-order chi connectivity index (χ1) is 11.9. The lowest BCUT2D eigenvalue weighted by molar-refractivity contribution is 0.0378. The minimum absolute atomic E-state index is 0.177. The van der Waals surface area contributed by atoms with E-state index in [4.69, 9.17) is 4.74 Å². The van der Waals surface area contributed by atoms with Gasteiger partial charge < -0.3 is 4.74 Å². The summed E-state index contributed by atoms with van der Waals surface area (Å²) in [5.74, 6) is -0.616. The second kappa shape index (κ2) is 7.33. The number of halogens is 1. The van der Waals surface area contributed by atoms with Gasteiger partial charge in [-0.25, -0.2) is 9.78 Å². The lowest BCUT2D eigenvalue weighted by atomic mass is 10.2. The van der Waals surface area contributed by atoms with E-state index in [0.29, 0.717) is 26.2 Å². The Morgan fingerprint density at radius 1 is 1.20 bits per heavy atom. The maximum absolute atomic E-state index is 12.4. The van der Waals surface area contributed by atoms with Crippen LogP contribution in [0.3, 0.4) is 0 Å². The fraction of sp³-hybridized carbons (Fsp3) is 0.167. The van der Waals surface area contributed by atoms with Crippen molar-refractivity contribution in [2.45, 2.75) is 20.0 Å². The molecule has 0 fully saturated rings. The van der Waals surface area contributed by atoms with Crippen LogP contribution in [0, 0.1) is 0 Å². The van der Waals surface area contributed by atoms with Gasteiger partial charge in [-0.3, -0.25) is 10.1 Å². The molecule has 1 heterocycles. The Hall–Kier alpha value is -2.25. The van der Waals surface area contributed by atoms with E-state index in [1.54, 1.807) is 50.2 Å². The molecule has 0 saturated carbocycles. The molecule has 0 bridgehead atoms. The monoisotopic (exact) mass is 418 g/mol. The minimum Gasteiger partial charge on any atom is -0.459 e. The molecular formula is C18H15BrN2O3S. The van der Waals surface area contributed by atoms with Crippen molar-refractivity contribution in [2.75, 3.05) is 5.32 Å². The van der Waals surface area contributed by atoms with Crippen LogP contribution in [0.5, 0.6) is 0 Å². The third-order valence-corrected chi connectivity index (χ3v) is 4.93. The number of carbonyl (C=O) groups is 2. The van der Waals surface area contributed by atoms with Gasteiger partial charge in [-0.1, -0.05) is 23.5 Å². The SMILES string of the molecule is CC(C)OC(=O)c1ccc2nc(NC(=O)c3ccccc3Br)sc2c1. The average Bonchev–Trinajstić information content (AvgIpc) is 2.95. The molecule has 1 amide bonds. The number of rotatable bonds is 4. The van der Waals surface area contributed by atoms with Crippen molar-refractivity contribution in [1.29, 1.82) is 0 Å². The molecule has 128 valence electrons. The molecule has 0 unspecified atom stereocenters. The van der Waals surface area contributed by atoms with E-state index < -0.39 is 0 Å². The molecule has 0 radical (unpaired) electrons. The first kappa shape index (κ1) is 17.6. The summed E-state index contributed by atoms with van der Waals surface area (Å²) >= 11 is 4.67. The molecule has 0 atom stereocenters. The molecule has 0 saturated heterocycles. The number of fused-ring (bicyclic) bond motifs is 1. The zero-order valence-electron chi connectivity index (χ0n) is 13.6. The van der Waals surface area contributed by atoms with Gasteiger partial charge >= 0.3 is 5.97 Å². The zero-order valence-corrected chi connectivity index (χ0v) is 16.0. The van der Waals surface area contributed by atoms with Crippen LogP contribution >= 0.6 is 27.3 Å². The van der Waals surface area contributed by atoms with Gasteiger partial charge in [0, 0.05) is 4.47 Å². The van der Waals surface area contributed by atoms with Gasteiger partial charge in [-0.15, -0.1) is 0 Å². The lowest BCUT2D eigenvalue weighted by Gasteiger charge is -2.07. The molecule has 0 spiro atoms. The fourth-order valence-electron chi connectivity index (χ4n) is 2.20. The summed E-state index contributed by atoms with van der Waals surface area (Å²) in [6.45, 7) is 3.61. The second-order valence-electron chi connectivity index (χ2n) is 5.59. The van der Waals surface area contributed by atoms with Gasteiger partial charge in [-0.2, -0.15) is 0 Å². The van der Waals surface area contributed by atoms with Gasteiger partial charge in [0.2, 0.25) is 0 Å². The van der Waals surface area contributed by atoms with E-state index in [1.807, 2.05) is 6.07 Å². The topological polar surface area (TPSA) is 68.3 Å². The fourth-order valence-corrected chi connectivity index (χ4v) is 3.56. The standard InChI is InChI=1S/C18H15BrN2O3S/c1-10(2)24-17(23)11-7-8-14-15(9-11)25-18(20-14)21-16(22)12-5-3-4-6-13(12)19/h3-10H,1-2H3,(H,20,21,22). The normalized spacial score (nSPS) is 10.9. The number of hydrogen-bond donors (Lipinski definition) is 1. The molecule has 7 heteroatoms. The number of nitrogens with one attached hydrogen (secondary N) is 1. The van der Waals surface area contributed by atoms with Crippen LogP contribution in [-0.4, -0.2) is 23.0 Å². The molecule has 0 aliphatic rings. The first-order valence-corrected chi connectivity index (χ1v) is 9.22. The summed E-state index contributed by atoms with van der Waals surface area (Å²) in [5, 5.41) is 3.27. The number of ether oxygens (including phenoxy) is 1. The molecule has 1 aromatic heterocycles. The van der Waals surface area contributed by atoms with Gasteiger partial charge in [-0.05, 0) is 60.1 Å². The van der Waals surface area contributed by atoms with E-state index >= 15 is 0 Å². The van der Waals surface area contributed by atoms with Crippen molar-refractivity contribution in [3.05, 3.63) is 58.1 Å². The van der Waals surface area contributed by atoms with E-state index in [9.17, 15) is 9.59 Å². The van der Waals surface area contributed by atoms with E-state index in [0.717, 1.165) is 4.70 Å². The number of anilines is 1. The van der Waals surface area contributed by atoms with E-state index in [2.05, 4.69) is 26.2 Å². The van der Waals surface area contributed by atoms with Crippen molar-refractivity contribution in [1.82, 2.24) is 4.98 Å². The summed E-state index contributed by atoms with van der Waals surface area (Å²) < 4.78 is 6.72. The van der Waals surface area contributed by atoms with Crippen LogP contribution in [-0.2, 0) is 4.74 Å². The Labute approximate surface area is 157 Å². The molecule has 0 aliphatic heterocycles. The Morgan fingerprint density at radius 3 is 2.68 bits per heavy atom. The molecule has 3 aromatic rings. The third-order valence-electron chi connectivity index (χ3n) is 3.31. The Bertz CT molecular complexity index is 952. The predicted octanol–water partition coefficient (Wildman–Crippen LogP) is 4.88. The molecule has 25 heavy (non-hydrogen) atoms. The van der Waals surface area contributed by atoms with E-state index in [1.165, 1.54) is 11.3 Å². The predicted molar refractivity (Wildman–Crippen MR) is 102 cm³/mol. The number of aromatic nitrogens is 1.